The van der Waals surface area contributed by atoms with Crippen LogP contribution in [0.5, 0.6) is 0 Å². The molecule has 0 saturated carbocycles. The molecule has 0 aliphatic rings. The molecule has 0 amide bonds. The third kappa shape index (κ3) is 8.18. The topological polar surface area (TPSA) is 0 Å². The van der Waals surface area contributed by atoms with Crippen LogP contribution in [0.4, 0.5) is 0 Å². The molecule has 0 heterocycles. The van der Waals surface area contributed by atoms with Crippen molar-refractivity contribution in [2.24, 2.45) is 0 Å². The molecule has 0 saturated heterocycles. The molecule has 0 aliphatic heterocycles. The van der Waals surface area contributed by atoms with Crippen LogP contribution in [0.25, 0.3) is 0 Å². The zero-order chi connectivity index (χ0) is 14.0. The minimum atomic E-state index is 1.14. The number of rotatable bonds is 7. The normalized spacial score (nSPS) is 9.44. The minimum Gasteiger partial charge on any atom is -0.118 e. The van der Waals surface area contributed by atoms with Gasteiger partial charge < -0.3 is 0 Å². The van der Waals surface area contributed by atoms with Gasteiger partial charge in [-0.05, 0) is 64.5 Å². The molecule has 0 aromatic carbocycles. The van der Waals surface area contributed by atoms with E-state index in [-0.39, 0.29) is 0 Å². The summed E-state index contributed by atoms with van der Waals surface area (Å²) in [5.74, 6) is 0. The van der Waals surface area contributed by atoms with Gasteiger partial charge in [0.2, 0.25) is 0 Å². The predicted octanol–water partition coefficient (Wildman–Crippen LogP) is 6.35. The second-order valence-electron chi connectivity index (χ2n) is 5.41. The van der Waals surface area contributed by atoms with E-state index in [0.29, 0.717) is 0 Å². The molecule has 0 fully saturated rings. The summed E-state index contributed by atoms with van der Waals surface area (Å²) >= 11 is 0. The molecule has 0 atom stereocenters. The smallest absolute Gasteiger partial charge is 0.00480 e. The van der Waals surface area contributed by atoms with Crippen LogP contribution in [0.15, 0.2) is 33.8 Å². The van der Waals surface area contributed by atoms with Crippen molar-refractivity contribution >= 4 is 0 Å². The Bertz CT molecular complexity index is 321. The van der Waals surface area contributed by atoms with Gasteiger partial charge in [0.1, 0.15) is 0 Å². The van der Waals surface area contributed by atoms with Crippen molar-refractivity contribution in [2.75, 3.05) is 0 Å². The highest BCUT2D eigenvalue weighted by Gasteiger charge is 2.04. The fraction of sp³-hybridized carbons (Fsp3) is 0.667. The number of hydrogen-bond acceptors (Lipinski definition) is 0. The maximum atomic E-state index is 3.55. The zero-order valence-electron chi connectivity index (χ0n) is 13.2. The molecular weight excluding hydrogens is 216 g/mol. The van der Waals surface area contributed by atoms with E-state index >= 15 is 0 Å². The van der Waals surface area contributed by atoms with Crippen molar-refractivity contribution in [1.29, 1.82) is 0 Å². The van der Waals surface area contributed by atoms with Crippen LogP contribution in [0.3, 0.4) is 0 Å². The van der Waals surface area contributed by atoms with E-state index in [0.717, 1.165) is 12.8 Å². The van der Waals surface area contributed by atoms with Crippen LogP contribution < -0.4 is 0 Å². The average Bonchev–Trinajstić information content (AvgIpc) is 2.29. The van der Waals surface area contributed by atoms with Gasteiger partial charge in [0.25, 0.3) is 0 Å². The van der Waals surface area contributed by atoms with Gasteiger partial charge in [0.05, 0.1) is 0 Å². The van der Waals surface area contributed by atoms with E-state index in [1.54, 1.807) is 0 Å². The quantitative estimate of drug-likeness (QED) is 0.362. The Balaban J connectivity index is 5.37. The highest BCUT2D eigenvalue weighted by Crippen LogP contribution is 2.21. The molecule has 0 bridgehead atoms. The molecule has 0 aliphatic carbocycles. The van der Waals surface area contributed by atoms with Gasteiger partial charge >= 0.3 is 0 Å². The molecule has 0 rings (SSSR count). The van der Waals surface area contributed by atoms with Gasteiger partial charge in [0.15, 0.2) is 0 Å². The summed E-state index contributed by atoms with van der Waals surface area (Å²) in [6, 6.07) is 0. The first-order valence-electron chi connectivity index (χ1n) is 7.37. The molecule has 0 aromatic rings. The summed E-state index contributed by atoms with van der Waals surface area (Å²) in [5, 5.41) is 0. The van der Waals surface area contributed by atoms with Crippen molar-refractivity contribution in [2.45, 2.75) is 80.1 Å². The van der Waals surface area contributed by atoms with E-state index in [9.17, 15) is 0 Å². The van der Waals surface area contributed by atoms with E-state index in [4.69, 9.17) is 0 Å². The molecule has 18 heavy (non-hydrogen) atoms. The summed E-state index contributed by atoms with van der Waals surface area (Å²) < 4.78 is 0. The van der Waals surface area contributed by atoms with Gasteiger partial charge in [-0.15, -0.1) is 11.5 Å². The van der Waals surface area contributed by atoms with Gasteiger partial charge in [-0.3, -0.25) is 0 Å². The van der Waals surface area contributed by atoms with Gasteiger partial charge in [-0.25, -0.2) is 0 Å². The van der Waals surface area contributed by atoms with E-state index in [1.165, 1.54) is 48.0 Å². The van der Waals surface area contributed by atoms with E-state index in [1.807, 2.05) is 0 Å². The standard InChI is InChI=1S/C18H30/c1-7-9-11-17(13-15(3)4)18(12-10-8-2)14-16(5)6/h7-12H2,1-6H3. The highest BCUT2D eigenvalue weighted by molar-refractivity contribution is 5.31. The Morgan fingerprint density at radius 3 is 1.22 bits per heavy atom. The molecular formula is C18H30. The Kier molecular flexibility index (Phi) is 9.47. The molecule has 0 radical (unpaired) electrons. The van der Waals surface area contributed by atoms with Gasteiger partial charge in [-0.1, -0.05) is 26.7 Å². The van der Waals surface area contributed by atoms with Crippen molar-refractivity contribution in [1.82, 2.24) is 0 Å². The molecule has 0 unspecified atom stereocenters. The maximum Gasteiger partial charge on any atom is 0.00480 e. The van der Waals surface area contributed by atoms with Crippen LogP contribution in [0, 0.1) is 0 Å². The van der Waals surface area contributed by atoms with Crippen LogP contribution >= 0.6 is 0 Å². The zero-order valence-corrected chi connectivity index (χ0v) is 13.2. The lowest BCUT2D eigenvalue weighted by Gasteiger charge is -2.08. The molecule has 102 valence electrons. The summed E-state index contributed by atoms with van der Waals surface area (Å²) in [6.45, 7) is 13.0. The predicted molar refractivity (Wildman–Crippen MR) is 82.8 cm³/mol. The SMILES string of the molecule is CCCCC(=C=C(C)C)C(=C=C(C)C)CCCC. The van der Waals surface area contributed by atoms with Gasteiger partial charge in [-0.2, -0.15) is 0 Å². The van der Waals surface area contributed by atoms with Crippen molar-refractivity contribution in [3.05, 3.63) is 33.8 Å². The van der Waals surface area contributed by atoms with Crippen LogP contribution in [0.2, 0.25) is 0 Å². The van der Waals surface area contributed by atoms with Crippen LogP contribution in [-0.4, -0.2) is 0 Å². The number of allylic oxidation sites excluding steroid dienone is 2. The minimum absolute atomic E-state index is 1.14. The fourth-order valence-electron chi connectivity index (χ4n) is 1.89. The Labute approximate surface area is 114 Å². The molecule has 0 nitrogen and oxygen atoms in total. The fourth-order valence-corrected chi connectivity index (χ4v) is 1.89. The lowest BCUT2D eigenvalue weighted by Crippen LogP contribution is -1.90. The lowest BCUT2D eigenvalue weighted by atomic mass is 9.96. The summed E-state index contributed by atoms with van der Waals surface area (Å²) in [7, 11) is 0. The lowest BCUT2D eigenvalue weighted by molar-refractivity contribution is 0.753. The summed E-state index contributed by atoms with van der Waals surface area (Å²) in [5.41, 5.74) is 12.4. The molecule has 0 heteroatoms. The molecule has 0 N–H and O–H groups in total. The summed E-state index contributed by atoms with van der Waals surface area (Å²) in [6.07, 6.45) is 7.25. The molecule has 0 spiro atoms. The van der Waals surface area contributed by atoms with Crippen molar-refractivity contribution < 1.29 is 0 Å². The Morgan fingerprint density at radius 1 is 0.667 bits per heavy atom. The number of unbranched alkanes of at least 4 members (excludes halogenated alkanes) is 2. The average molecular weight is 246 g/mol. The maximum absolute atomic E-state index is 3.55. The Hall–Kier alpha value is -0.960. The molecule has 0 aromatic heterocycles. The van der Waals surface area contributed by atoms with Crippen molar-refractivity contribution in [3.63, 3.8) is 0 Å². The second-order valence-corrected chi connectivity index (χ2v) is 5.41. The number of hydrogen-bond donors (Lipinski definition) is 0. The van der Waals surface area contributed by atoms with Gasteiger partial charge in [0, 0.05) is 11.1 Å². The largest absolute Gasteiger partial charge is 0.118 e. The van der Waals surface area contributed by atoms with E-state index in [2.05, 4.69) is 53.0 Å². The monoisotopic (exact) mass is 246 g/mol. The summed E-state index contributed by atoms with van der Waals surface area (Å²) in [4.78, 5) is 0. The first-order chi connectivity index (χ1) is 8.51. The highest BCUT2D eigenvalue weighted by atomic mass is 14.1. The van der Waals surface area contributed by atoms with Crippen LogP contribution in [0.1, 0.15) is 80.1 Å². The Morgan fingerprint density at radius 2 is 1.00 bits per heavy atom. The van der Waals surface area contributed by atoms with Crippen molar-refractivity contribution in [3.8, 4) is 0 Å². The first kappa shape index (κ1) is 17.0. The van der Waals surface area contributed by atoms with Crippen LogP contribution in [-0.2, 0) is 0 Å². The first-order valence-corrected chi connectivity index (χ1v) is 7.37. The second kappa shape index (κ2) is 10.0. The van der Waals surface area contributed by atoms with E-state index < -0.39 is 0 Å². The third-order valence-corrected chi connectivity index (χ3v) is 2.73. The third-order valence-electron chi connectivity index (χ3n) is 2.73.